The average molecular weight is 263 g/mol. The van der Waals surface area contributed by atoms with Crippen molar-refractivity contribution < 1.29 is 12.9 Å². The lowest BCUT2D eigenvalue weighted by Crippen LogP contribution is -1.97. The molecule has 0 saturated heterocycles. The highest BCUT2D eigenvalue weighted by atomic mass is 32.2. The second-order valence-corrected chi connectivity index (χ2v) is 5.21. The van der Waals surface area contributed by atoms with E-state index >= 15 is 0 Å². The van der Waals surface area contributed by atoms with E-state index < -0.39 is 11.4 Å². The molecular weight excluding hydrogens is 236 g/mol. The first-order valence-corrected chi connectivity index (χ1v) is 8.00. The van der Waals surface area contributed by atoms with Crippen molar-refractivity contribution in [3.8, 4) is 0 Å². The highest BCUT2D eigenvalue weighted by Gasteiger charge is 1.93. The van der Waals surface area contributed by atoms with Gasteiger partial charge in [-0.25, -0.2) is 4.21 Å². The zero-order chi connectivity index (χ0) is 12.8. The summed E-state index contributed by atoms with van der Waals surface area (Å²) in [5.41, 5.74) is 0. The lowest BCUT2D eigenvalue weighted by atomic mass is 10.1. The summed E-state index contributed by atoms with van der Waals surface area (Å²) in [5, 5.41) is 0. The van der Waals surface area contributed by atoms with Crippen molar-refractivity contribution in [3.63, 3.8) is 0 Å². The van der Waals surface area contributed by atoms with E-state index in [1.54, 1.807) is 0 Å². The lowest BCUT2D eigenvalue weighted by Gasteiger charge is -2.05. The van der Waals surface area contributed by atoms with Gasteiger partial charge in [0.05, 0.1) is 18.0 Å². The molecule has 0 bridgehead atoms. The molecule has 0 spiro atoms. The molecule has 0 N–H and O–H groups in total. The summed E-state index contributed by atoms with van der Waals surface area (Å²) in [7, 11) is 0. The monoisotopic (exact) mass is 263 g/mol. The molecule has 104 valence electrons. The molecule has 1 unspecified atom stereocenters. The molecule has 0 rings (SSSR count). The highest BCUT2D eigenvalue weighted by Crippen LogP contribution is 2.11. The molecule has 0 aromatic rings. The third-order valence-corrected chi connectivity index (χ3v) is 3.29. The van der Waals surface area contributed by atoms with Crippen molar-refractivity contribution in [2.75, 3.05) is 6.61 Å². The van der Waals surface area contributed by atoms with Gasteiger partial charge in [-0.3, -0.25) is 0 Å². The van der Waals surface area contributed by atoms with E-state index in [1.165, 1.54) is 57.8 Å². The van der Waals surface area contributed by atoms with Crippen LogP contribution in [0.5, 0.6) is 0 Å². The Kier molecular flexibility index (Phi) is 14.2. The summed E-state index contributed by atoms with van der Waals surface area (Å²) in [5.74, 6) is 0. The van der Waals surface area contributed by atoms with Crippen molar-refractivity contribution >= 4 is 11.4 Å². The molecule has 0 aromatic heterocycles. The van der Waals surface area contributed by atoms with E-state index in [2.05, 4.69) is 11.1 Å². The molecule has 0 aliphatic carbocycles. The number of rotatable bonds is 13. The van der Waals surface area contributed by atoms with Crippen LogP contribution in [0, 0.1) is 0 Å². The predicted octanol–water partition coefficient (Wildman–Crippen LogP) is 4.11. The Morgan fingerprint density at radius 3 is 1.65 bits per heavy atom. The molecule has 0 fully saturated rings. The number of hydrogen-bond donors (Lipinski definition) is 0. The normalized spacial score (nSPS) is 12.8. The van der Waals surface area contributed by atoms with Crippen LogP contribution in [0.25, 0.3) is 0 Å². The summed E-state index contributed by atoms with van der Waals surface area (Å²) >= 11 is -2.33. The van der Waals surface area contributed by atoms with Crippen molar-refractivity contribution in [2.45, 2.75) is 77.6 Å². The fourth-order valence-electron chi connectivity index (χ4n) is 1.89. The van der Waals surface area contributed by atoms with Crippen molar-refractivity contribution in [2.24, 2.45) is 0 Å². The van der Waals surface area contributed by atoms with Gasteiger partial charge in [0.15, 0.2) is 0 Å². The predicted molar refractivity (Wildman–Crippen MR) is 71.3 cm³/mol. The van der Waals surface area contributed by atoms with E-state index in [9.17, 15) is 8.76 Å². The van der Waals surface area contributed by atoms with Crippen LogP contribution in [0.2, 0.25) is 0 Å². The fraction of sp³-hybridized carbons (Fsp3) is 1.00. The molecule has 4 heteroatoms. The second-order valence-electron chi connectivity index (χ2n) is 4.56. The average Bonchev–Trinajstić information content (AvgIpc) is 2.30. The molecule has 0 heterocycles. The molecule has 1 atom stereocenters. The molecule has 0 aliphatic heterocycles. The smallest absolute Gasteiger partial charge is 0.0842 e. The van der Waals surface area contributed by atoms with Crippen LogP contribution in [0.3, 0.4) is 0 Å². The lowest BCUT2D eigenvalue weighted by molar-refractivity contribution is 0.290. The third-order valence-electron chi connectivity index (χ3n) is 2.93. The Labute approximate surface area is 109 Å². The maximum absolute atomic E-state index is 10.1. The van der Waals surface area contributed by atoms with Gasteiger partial charge in [-0.2, -0.15) is 0 Å². The van der Waals surface area contributed by atoms with Crippen LogP contribution < -0.4 is 0 Å². The van der Waals surface area contributed by atoms with Gasteiger partial charge in [0, 0.05) is 0 Å². The minimum absolute atomic E-state index is 0.340. The SMILES string of the molecule is CCCCCCCCCCCCCOS(=O)[O-]. The third kappa shape index (κ3) is 16.1. The Bertz CT molecular complexity index is 174. The molecule has 0 aromatic carbocycles. The Balaban J connectivity index is 2.91. The van der Waals surface area contributed by atoms with Crippen LogP contribution in [0.15, 0.2) is 0 Å². The van der Waals surface area contributed by atoms with Crippen LogP contribution in [-0.4, -0.2) is 15.4 Å². The molecule has 17 heavy (non-hydrogen) atoms. The molecule has 0 radical (unpaired) electrons. The summed E-state index contributed by atoms with van der Waals surface area (Å²) in [6.07, 6.45) is 13.9. The van der Waals surface area contributed by atoms with E-state index in [-0.39, 0.29) is 0 Å². The first-order valence-electron chi connectivity index (χ1n) is 7.00. The summed E-state index contributed by atoms with van der Waals surface area (Å²) < 4.78 is 24.6. The van der Waals surface area contributed by atoms with Gasteiger partial charge in [0.1, 0.15) is 0 Å². The molecular formula is C13H27O3S-. The number of unbranched alkanes of at least 4 members (excludes halogenated alkanes) is 10. The highest BCUT2D eigenvalue weighted by molar-refractivity contribution is 7.74. The van der Waals surface area contributed by atoms with Crippen LogP contribution in [0.1, 0.15) is 77.6 Å². The van der Waals surface area contributed by atoms with Gasteiger partial charge in [-0.15, -0.1) is 0 Å². The summed E-state index contributed by atoms with van der Waals surface area (Å²) in [6, 6.07) is 0. The Morgan fingerprint density at radius 1 is 0.824 bits per heavy atom. The molecule has 3 nitrogen and oxygen atoms in total. The van der Waals surface area contributed by atoms with Crippen LogP contribution >= 0.6 is 0 Å². The van der Waals surface area contributed by atoms with Gasteiger partial charge in [0.25, 0.3) is 0 Å². The Hall–Kier alpha value is 0.0700. The molecule has 0 aliphatic rings. The van der Waals surface area contributed by atoms with Gasteiger partial charge < -0.3 is 8.74 Å². The van der Waals surface area contributed by atoms with E-state index in [0.717, 1.165) is 12.8 Å². The maximum Gasteiger partial charge on any atom is 0.0842 e. The Morgan fingerprint density at radius 2 is 1.24 bits per heavy atom. The van der Waals surface area contributed by atoms with E-state index in [0.29, 0.717) is 6.61 Å². The maximum atomic E-state index is 10.1. The summed E-state index contributed by atoms with van der Waals surface area (Å²) in [6.45, 7) is 2.58. The van der Waals surface area contributed by atoms with E-state index in [1.807, 2.05) is 0 Å². The minimum Gasteiger partial charge on any atom is -0.750 e. The van der Waals surface area contributed by atoms with Crippen LogP contribution in [-0.2, 0) is 15.5 Å². The zero-order valence-electron chi connectivity index (χ0n) is 11.1. The standard InChI is InChI=1S/C13H28O3S/c1-2-3-4-5-6-7-8-9-10-11-12-13-16-17(14)15/h2-13H2,1H3,(H,14,15)/p-1. The quantitative estimate of drug-likeness (QED) is 0.371. The largest absolute Gasteiger partial charge is 0.750 e. The first-order chi connectivity index (χ1) is 8.27. The van der Waals surface area contributed by atoms with Crippen molar-refractivity contribution in [3.05, 3.63) is 0 Å². The number of hydrogen-bond acceptors (Lipinski definition) is 3. The van der Waals surface area contributed by atoms with Gasteiger partial charge in [0.2, 0.25) is 0 Å². The first kappa shape index (κ1) is 17.1. The summed E-state index contributed by atoms with van der Waals surface area (Å²) in [4.78, 5) is 0. The fourth-order valence-corrected chi connectivity index (χ4v) is 2.15. The van der Waals surface area contributed by atoms with Gasteiger partial charge in [-0.05, 0) is 6.42 Å². The molecule has 0 saturated carbocycles. The molecule has 0 amide bonds. The minimum atomic E-state index is -2.33. The van der Waals surface area contributed by atoms with E-state index in [4.69, 9.17) is 0 Å². The van der Waals surface area contributed by atoms with Gasteiger partial charge in [-0.1, -0.05) is 71.1 Å². The second kappa shape index (κ2) is 14.1. The topological polar surface area (TPSA) is 49.4 Å². The van der Waals surface area contributed by atoms with Gasteiger partial charge >= 0.3 is 0 Å². The zero-order valence-corrected chi connectivity index (χ0v) is 11.9. The van der Waals surface area contributed by atoms with Crippen molar-refractivity contribution in [1.82, 2.24) is 0 Å². The van der Waals surface area contributed by atoms with Crippen molar-refractivity contribution in [1.29, 1.82) is 0 Å². The van der Waals surface area contributed by atoms with Crippen LogP contribution in [0.4, 0.5) is 0 Å².